The summed E-state index contributed by atoms with van der Waals surface area (Å²) in [6, 6.07) is 7.29. The van der Waals surface area contributed by atoms with Gasteiger partial charge in [0.15, 0.2) is 0 Å². The van der Waals surface area contributed by atoms with Gasteiger partial charge in [-0.3, -0.25) is 4.79 Å². The van der Waals surface area contributed by atoms with Crippen molar-refractivity contribution in [3.8, 4) is 11.5 Å². The fourth-order valence-corrected chi connectivity index (χ4v) is 3.57. The second-order valence-electron chi connectivity index (χ2n) is 6.64. The molecule has 1 atom stereocenters. The van der Waals surface area contributed by atoms with Gasteiger partial charge in [-0.15, -0.1) is 12.4 Å². The minimum absolute atomic E-state index is 0. The molecule has 0 radical (unpaired) electrons. The summed E-state index contributed by atoms with van der Waals surface area (Å²) in [6.45, 7) is 0.477. The lowest BCUT2D eigenvalue weighted by atomic mass is 9.84. The van der Waals surface area contributed by atoms with Crippen LogP contribution >= 0.6 is 24.0 Å². The third-order valence-electron chi connectivity index (χ3n) is 4.80. The summed E-state index contributed by atoms with van der Waals surface area (Å²) in [5.41, 5.74) is 7.32. The highest BCUT2D eigenvalue weighted by atomic mass is 35.5. The van der Waals surface area contributed by atoms with Gasteiger partial charge in [-0.1, -0.05) is 30.9 Å². The van der Waals surface area contributed by atoms with Gasteiger partial charge in [0.25, 0.3) is 0 Å². The number of nitrogens with one attached hydrogen (secondary N) is 1. The Balaban J connectivity index is 0.00000243. The van der Waals surface area contributed by atoms with Gasteiger partial charge in [-0.05, 0) is 43.0 Å². The summed E-state index contributed by atoms with van der Waals surface area (Å²) in [5, 5.41) is 3.74. The average molecular weight is 398 g/mol. The second-order valence-corrected chi connectivity index (χ2v) is 7.07. The van der Waals surface area contributed by atoms with Gasteiger partial charge in [0.1, 0.15) is 6.26 Å². The fraction of sp³-hybridized carbons (Fsp3) is 0.474. The molecule has 1 aliphatic carbocycles. The van der Waals surface area contributed by atoms with Crippen molar-refractivity contribution in [2.45, 2.75) is 44.6 Å². The summed E-state index contributed by atoms with van der Waals surface area (Å²) in [4.78, 5) is 16.7. The molecule has 3 N–H and O–H groups in total. The molecule has 1 amide bonds. The van der Waals surface area contributed by atoms with E-state index in [2.05, 4.69) is 10.3 Å². The van der Waals surface area contributed by atoms with Crippen LogP contribution in [0.5, 0.6) is 0 Å². The first-order chi connectivity index (χ1) is 12.2. The number of aromatic nitrogens is 1. The zero-order valence-electron chi connectivity index (χ0n) is 14.6. The first-order valence-corrected chi connectivity index (χ1v) is 9.23. The zero-order chi connectivity index (χ0) is 17.6. The number of nitrogens with zero attached hydrogens (tertiary/aromatic N) is 1. The molecule has 3 rings (SSSR count). The topological polar surface area (TPSA) is 81.1 Å². The zero-order valence-corrected chi connectivity index (χ0v) is 16.2. The number of halogens is 2. The van der Waals surface area contributed by atoms with Gasteiger partial charge in [-0.25, -0.2) is 4.98 Å². The number of benzene rings is 1. The number of hydrogen-bond acceptors (Lipinski definition) is 4. The molecule has 7 heteroatoms. The highest BCUT2D eigenvalue weighted by Gasteiger charge is 2.24. The van der Waals surface area contributed by atoms with Crippen LogP contribution in [-0.2, 0) is 11.2 Å². The summed E-state index contributed by atoms with van der Waals surface area (Å²) >= 11 is 5.89. The van der Waals surface area contributed by atoms with Crippen LogP contribution in [0.2, 0.25) is 5.02 Å². The minimum atomic E-state index is -0.0584. The summed E-state index contributed by atoms with van der Waals surface area (Å²) < 4.78 is 5.48. The van der Waals surface area contributed by atoms with Crippen LogP contribution in [0.4, 0.5) is 0 Å². The predicted molar refractivity (Wildman–Crippen MR) is 105 cm³/mol. The van der Waals surface area contributed by atoms with Crippen molar-refractivity contribution < 1.29 is 9.21 Å². The Labute approximate surface area is 165 Å². The van der Waals surface area contributed by atoms with Gasteiger partial charge in [0.05, 0.1) is 12.1 Å². The van der Waals surface area contributed by atoms with Crippen LogP contribution in [0, 0.1) is 5.92 Å². The van der Waals surface area contributed by atoms with Crippen molar-refractivity contribution in [2.24, 2.45) is 11.7 Å². The van der Waals surface area contributed by atoms with Crippen LogP contribution in [0.3, 0.4) is 0 Å². The first-order valence-electron chi connectivity index (χ1n) is 8.85. The van der Waals surface area contributed by atoms with Gasteiger partial charge >= 0.3 is 0 Å². The largest absolute Gasteiger partial charge is 0.444 e. The Morgan fingerprint density at radius 3 is 2.62 bits per heavy atom. The van der Waals surface area contributed by atoms with Crippen LogP contribution in [0.25, 0.3) is 11.5 Å². The lowest BCUT2D eigenvalue weighted by molar-refractivity contribution is -0.121. The smallest absolute Gasteiger partial charge is 0.226 e. The first kappa shape index (κ1) is 20.7. The molecule has 2 aromatic rings. The normalized spacial score (nSPS) is 15.9. The Hall–Kier alpha value is -1.56. The van der Waals surface area contributed by atoms with Crippen molar-refractivity contribution >= 4 is 29.9 Å². The van der Waals surface area contributed by atoms with E-state index in [1.165, 1.54) is 25.5 Å². The van der Waals surface area contributed by atoms with E-state index in [0.29, 0.717) is 29.1 Å². The number of carbonyl (C=O) groups is 1. The maximum absolute atomic E-state index is 12.3. The number of amides is 1. The Morgan fingerprint density at radius 1 is 1.27 bits per heavy atom. The molecule has 1 saturated carbocycles. The molecule has 1 heterocycles. The molecule has 1 aliphatic rings. The van der Waals surface area contributed by atoms with Crippen LogP contribution in [0.1, 0.15) is 37.8 Å². The van der Waals surface area contributed by atoms with Crippen molar-refractivity contribution in [3.63, 3.8) is 0 Å². The van der Waals surface area contributed by atoms with Gasteiger partial charge in [0.2, 0.25) is 11.8 Å². The maximum atomic E-state index is 12.3. The number of nitrogens with two attached hydrogens (primary N) is 1. The quantitative estimate of drug-likeness (QED) is 0.771. The van der Waals surface area contributed by atoms with E-state index in [-0.39, 0.29) is 30.8 Å². The molecule has 26 heavy (non-hydrogen) atoms. The number of rotatable bonds is 6. The van der Waals surface area contributed by atoms with Crippen molar-refractivity contribution in [1.29, 1.82) is 0 Å². The fourth-order valence-electron chi connectivity index (χ4n) is 3.44. The molecule has 1 unspecified atom stereocenters. The lowest BCUT2D eigenvalue weighted by Gasteiger charge is -2.30. The molecule has 0 spiro atoms. The van der Waals surface area contributed by atoms with E-state index in [1.807, 2.05) is 12.1 Å². The molecule has 0 aliphatic heterocycles. The number of carbonyl (C=O) groups excluding carboxylic acids is 1. The van der Waals surface area contributed by atoms with Crippen molar-refractivity contribution in [3.05, 3.63) is 41.2 Å². The summed E-state index contributed by atoms with van der Waals surface area (Å²) in [6.07, 6.45) is 7.76. The molecule has 142 valence electrons. The van der Waals surface area contributed by atoms with Crippen LogP contribution in [0.15, 0.2) is 34.9 Å². The van der Waals surface area contributed by atoms with Gasteiger partial charge < -0.3 is 15.5 Å². The average Bonchev–Trinajstić information content (AvgIpc) is 3.09. The lowest BCUT2D eigenvalue weighted by Crippen LogP contribution is -2.46. The molecule has 1 aromatic heterocycles. The van der Waals surface area contributed by atoms with Gasteiger partial charge in [0, 0.05) is 23.2 Å². The van der Waals surface area contributed by atoms with Crippen molar-refractivity contribution in [2.75, 3.05) is 6.54 Å². The van der Waals surface area contributed by atoms with E-state index in [1.54, 1.807) is 12.1 Å². The monoisotopic (exact) mass is 397 g/mol. The van der Waals surface area contributed by atoms with E-state index in [0.717, 1.165) is 18.4 Å². The standard InChI is InChI=1S/C19H24ClN3O2.ClH/c20-15-8-6-14(7-9-15)19-22-16(12-25-19)10-18(24)23-17(11-21)13-4-2-1-3-5-13;/h6-9,12-13,17H,1-5,10-11,21H2,(H,23,24);1H. The predicted octanol–water partition coefficient (Wildman–Crippen LogP) is 3.98. The molecule has 1 fully saturated rings. The Bertz CT molecular complexity index is 697. The molecular formula is C19H25Cl2N3O2. The summed E-state index contributed by atoms with van der Waals surface area (Å²) in [7, 11) is 0. The number of oxazole rings is 1. The molecule has 0 saturated heterocycles. The third-order valence-corrected chi connectivity index (χ3v) is 5.06. The Kier molecular flexibility index (Phi) is 7.94. The van der Waals surface area contributed by atoms with Crippen LogP contribution in [-0.4, -0.2) is 23.5 Å². The minimum Gasteiger partial charge on any atom is -0.444 e. The van der Waals surface area contributed by atoms with E-state index in [4.69, 9.17) is 21.8 Å². The van der Waals surface area contributed by atoms with Crippen LogP contribution < -0.4 is 11.1 Å². The molecule has 1 aromatic carbocycles. The van der Waals surface area contributed by atoms with E-state index in [9.17, 15) is 4.79 Å². The number of hydrogen-bond donors (Lipinski definition) is 2. The van der Waals surface area contributed by atoms with E-state index < -0.39 is 0 Å². The SMILES string of the molecule is Cl.NCC(NC(=O)Cc1coc(-c2ccc(Cl)cc2)n1)C1CCCCC1. The third kappa shape index (κ3) is 5.47. The molecule has 5 nitrogen and oxygen atoms in total. The highest BCUT2D eigenvalue weighted by Crippen LogP contribution is 2.26. The molecule has 0 bridgehead atoms. The highest BCUT2D eigenvalue weighted by molar-refractivity contribution is 6.30. The molecular weight excluding hydrogens is 373 g/mol. The van der Waals surface area contributed by atoms with Gasteiger partial charge in [-0.2, -0.15) is 0 Å². The maximum Gasteiger partial charge on any atom is 0.226 e. The van der Waals surface area contributed by atoms with Crippen molar-refractivity contribution in [1.82, 2.24) is 10.3 Å². The van der Waals surface area contributed by atoms with E-state index >= 15 is 0 Å². The summed E-state index contributed by atoms with van der Waals surface area (Å²) in [5.74, 6) is 0.920. The second kappa shape index (κ2) is 9.95. The Morgan fingerprint density at radius 2 is 1.96 bits per heavy atom.